The summed E-state index contributed by atoms with van der Waals surface area (Å²) in [6, 6.07) is 3.74. The van der Waals surface area contributed by atoms with Crippen LogP contribution in [-0.4, -0.2) is 36.3 Å². The first kappa shape index (κ1) is 16.7. The van der Waals surface area contributed by atoms with Crippen LogP contribution in [0.5, 0.6) is 0 Å². The Morgan fingerprint density at radius 3 is 2.42 bits per heavy atom. The molecule has 1 N–H and O–H groups in total. The fraction of sp³-hybridized carbons (Fsp3) is 0.333. The van der Waals surface area contributed by atoms with Gasteiger partial charge in [0.1, 0.15) is 0 Å². The van der Waals surface area contributed by atoms with E-state index in [0.717, 1.165) is 0 Å². The standard InChI is InChI=1S/C9H11BrClNO5S2/c1-17-4-5-18(13,14)12-9-3-2-7(6-8(9)10)19(11,15)16/h2-3,6,12H,4-5H2,1H3. The van der Waals surface area contributed by atoms with E-state index < -0.39 is 19.1 Å². The van der Waals surface area contributed by atoms with Gasteiger partial charge < -0.3 is 4.74 Å². The lowest BCUT2D eigenvalue weighted by atomic mass is 10.3. The van der Waals surface area contributed by atoms with Crippen LogP contribution in [0.3, 0.4) is 0 Å². The molecule has 0 unspecified atom stereocenters. The highest BCUT2D eigenvalue weighted by Crippen LogP contribution is 2.28. The van der Waals surface area contributed by atoms with E-state index in [-0.39, 0.29) is 27.4 Å². The van der Waals surface area contributed by atoms with E-state index in [2.05, 4.69) is 25.4 Å². The summed E-state index contributed by atoms with van der Waals surface area (Å²) in [6.45, 7) is 0.0566. The van der Waals surface area contributed by atoms with Gasteiger partial charge in [-0.3, -0.25) is 4.72 Å². The van der Waals surface area contributed by atoms with Gasteiger partial charge in [-0.25, -0.2) is 16.8 Å². The van der Waals surface area contributed by atoms with Gasteiger partial charge in [-0.05, 0) is 34.1 Å². The molecule has 0 aliphatic heterocycles. The average molecular weight is 393 g/mol. The Morgan fingerprint density at radius 1 is 1.32 bits per heavy atom. The van der Waals surface area contributed by atoms with Crippen molar-refractivity contribution in [2.24, 2.45) is 0 Å². The molecule has 1 aromatic rings. The van der Waals surface area contributed by atoms with Crippen LogP contribution in [0.2, 0.25) is 0 Å². The second-order valence-corrected chi connectivity index (χ2v) is 8.76. The number of hydrogen-bond donors (Lipinski definition) is 1. The highest BCUT2D eigenvalue weighted by atomic mass is 79.9. The first-order chi connectivity index (χ1) is 8.65. The lowest BCUT2D eigenvalue weighted by molar-refractivity contribution is 0.217. The number of halogens is 2. The summed E-state index contributed by atoms with van der Waals surface area (Å²) < 4.78 is 52.8. The molecular formula is C9H11BrClNO5S2. The molecule has 19 heavy (non-hydrogen) atoms. The largest absolute Gasteiger partial charge is 0.384 e. The van der Waals surface area contributed by atoms with Gasteiger partial charge in [0.25, 0.3) is 9.05 Å². The normalized spacial score (nSPS) is 12.4. The van der Waals surface area contributed by atoms with E-state index in [9.17, 15) is 16.8 Å². The van der Waals surface area contributed by atoms with Gasteiger partial charge in [0.05, 0.1) is 22.9 Å². The van der Waals surface area contributed by atoms with Crippen LogP contribution in [0, 0.1) is 0 Å². The summed E-state index contributed by atoms with van der Waals surface area (Å²) in [5, 5.41) is 0. The van der Waals surface area contributed by atoms with E-state index in [1.54, 1.807) is 0 Å². The van der Waals surface area contributed by atoms with Crippen LogP contribution in [0.25, 0.3) is 0 Å². The van der Waals surface area contributed by atoms with Crippen molar-refractivity contribution < 1.29 is 21.6 Å². The van der Waals surface area contributed by atoms with Gasteiger partial charge in [0.15, 0.2) is 0 Å². The zero-order valence-corrected chi connectivity index (χ0v) is 13.7. The van der Waals surface area contributed by atoms with Crippen LogP contribution in [-0.2, 0) is 23.8 Å². The predicted molar refractivity (Wildman–Crippen MR) is 76.5 cm³/mol. The van der Waals surface area contributed by atoms with E-state index >= 15 is 0 Å². The number of anilines is 1. The highest BCUT2D eigenvalue weighted by molar-refractivity contribution is 9.10. The van der Waals surface area contributed by atoms with Crippen molar-refractivity contribution in [1.29, 1.82) is 0 Å². The average Bonchev–Trinajstić information content (AvgIpc) is 2.27. The highest BCUT2D eigenvalue weighted by Gasteiger charge is 2.15. The SMILES string of the molecule is COCCS(=O)(=O)Nc1ccc(S(=O)(=O)Cl)cc1Br. The summed E-state index contributed by atoms with van der Waals surface area (Å²) >= 11 is 3.08. The number of sulfonamides is 1. The zero-order valence-electron chi connectivity index (χ0n) is 9.76. The maximum Gasteiger partial charge on any atom is 0.261 e. The Hall–Kier alpha value is -0.350. The van der Waals surface area contributed by atoms with Gasteiger partial charge in [-0.15, -0.1) is 0 Å². The minimum Gasteiger partial charge on any atom is -0.384 e. The van der Waals surface area contributed by atoms with Crippen molar-refractivity contribution in [2.45, 2.75) is 4.90 Å². The van der Waals surface area contributed by atoms with Crippen LogP contribution in [0.4, 0.5) is 5.69 Å². The smallest absolute Gasteiger partial charge is 0.261 e. The molecule has 0 spiro atoms. The molecule has 0 radical (unpaired) electrons. The number of methoxy groups -OCH3 is 1. The van der Waals surface area contributed by atoms with E-state index in [4.69, 9.17) is 10.7 Å². The number of benzene rings is 1. The van der Waals surface area contributed by atoms with Crippen molar-refractivity contribution in [2.75, 3.05) is 24.2 Å². The van der Waals surface area contributed by atoms with Crippen LogP contribution in [0.1, 0.15) is 0 Å². The minimum atomic E-state index is -3.85. The van der Waals surface area contributed by atoms with Gasteiger partial charge in [0, 0.05) is 22.3 Å². The monoisotopic (exact) mass is 391 g/mol. The summed E-state index contributed by atoms with van der Waals surface area (Å²) in [7, 11) is -0.835. The number of nitrogens with one attached hydrogen (secondary N) is 1. The van der Waals surface area contributed by atoms with E-state index in [1.807, 2.05) is 0 Å². The second kappa shape index (κ2) is 6.40. The summed E-state index contributed by atoms with van der Waals surface area (Å²) in [5.41, 5.74) is 0.222. The lowest BCUT2D eigenvalue weighted by Gasteiger charge is -2.10. The molecule has 1 rings (SSSR count). The van der Waals surface area contributed by atoms with Crippen molar-refractivity contribution in [3.8, 4) is 0 Å². The summed E-state index contributed by atoms with van der Waals surface area (Å²) in [5.74, 6) is -0.203. The maximum absolute atomic E-state index is 11.6. The van der Waals surface area contributed by atoms with E-state index in [0.29, 0.717) is 0 Å². The number of hydrogen-bond acceptors (Lipinski definition) is 5. The third-order valence-corrected chi connectivity index (χ3v) is 5.29. The molecule has 6 nitrogen and oxygen atoms in total. The molecule has 0 aliphatic rings. The predicted octanol–water partition coefficient (Wildman–Crippen LogP) is 1.76. The summed E-state index contributed by atoms with van der Waals surface area (Å²) in [4.78, 5) is -0.124. The Morgan fingerprint density at radius 2 is 1.95 bits per heavy atom. The fourth-order valence-electron chi connectivity index (χ4n) is 1.14. The quantitative estimate of drug-likeness (QED) is 0.745. The molecule has 0 amide bonds. The molecule has 0 fully saturated rings. The Kier molecular flexibility index (Phi) is 5.63. The van der Waals surface area contributed by atoms with Gasteiger partial charge >= 0.3 is 0 Å². The molecule has 0 saturated heterocycles. The van der Waals surface area contributed by atoms with Crippen molar-refractivity contribution in [3.05, 3.63) is 22.7 Å². The van der Waals surface area contributed by atoms with Gasteiger partial charge in [0.2, 0.25) is 10.0 Å². The molecule has 0 aliphatic carbocycles. The number of ether oxygens (including phenoxy) is 1. The Balaban J connectivity index is 2.99. The van der Waals surface area contributed by atoms with Gasteiger partial charge in [-0.1, -0.05) is 0 Å². The zero-order chi connectivity index (χ0) is 14.7. The molecule has 1 aromatic carbocycles. The molecule has 0 atom stereocenters. The molecule has 108 valence electrons. The molecule has 0 saturated carbocycles. The minimum absolute atomic E-state index is 0.0566. The topological polar surface area (TPSA) is 89.5 Å². The molecule has 0 heterocycles. The van der Waals surface area contributed by atoms with Crippen LogP contribution < -0.4 is 4.72 Å². The molecule has 0 aromatic heterocycles. The van der Waals surface area contributed by atoms with Crippen LogP contribution in [0.15, 0.2) is 27.6 Å². The molecule has 10 heteroatoms. The van der Waals surface area contributed by atoms with Crippen molar-refractivity contribution >= 4 is 51.4 Å². The van der Waals surface area contributed by atoms with Crippen LogP contribution >= 0.6 is 26.6 Å². The summed E-state index contributed by atoms with van der Waals surface area (Å²) in [6.07, 6.45) is 0. The Labute approximate surface area is 124 Å². The van der Waals surface area contributed by atoms with Crippen molar-refractivity contribution in [3.63, 3.8) is 0 Å². The maximum atomic E-state index is 11.6. The third-order valence-electron chi connectivity index (χ3n) is 2.04. The molecular weight excluding hydrogens is 382 g/mol. The fourth-order valence-corrected chi connectivity index (χ4v) is 3.68. The molecule has 0 bridgehead atoms. The third kappa shape index (κ3) is 5.27. The van der Waals surface area contributed by atoms with Crippen molar-refractivity contribution in [1.82, 2.24) is 0 Å². The second-order valence-electron chi connectivity index (χ2n) is 3.49. The first-order valence-electron chi connectivity index (χ1n) is 4.89. The van der Waals surface area contributed by atoms with Gasteiger partial charge in [-0.2, -0.15) is 0 Å². The number of rotatable bonds is 6. The first-order valence-corrected chi connectivity index (χ1v) is 9.65. The lowest BCUT2D eigenvalue weighted by Crippen LogP contribution is -2.20. The Bertz CT molecular complexity index is 659. The van der Waals surface area contributed by atoms with E-state index in [1.165, 1.54) is 25.3 Å².